The van der Waals surface area contributed by atoms with Crippen LogP contribution in [0.15, 0.2) is 36.9 Å². The van der Waals surface area contributed by atoms with E-state index in [1.807, 2.05) is 12.1 Å². The van der Waals surface area contributed by atoms with E-state index in [0.717, 1.165) is 17.8 Å². The maximum atomic E-state index is 6.00. The van der Waals surface area contributed by atoms with E-state index in [4.69, 9.17) is 5.73 Å². The molecule has 0 aliphatic heterocycles. The van der Waals surface area contributed by atoms with Crippen molar-refractivity contribution in [3.8, 4) is 0 Å². The lowest BCUT2D eigenvalue weighted by Crippen LogP contribution is -2.14. The van der Waals surface area contributed by atoms with Crippen LogP contribution >= 0.6 is 0 Å². The molecule has 2 rings (SSSR count). The number of H-pyrrole nitrogens is 1. The highest BCUT2D eigenvalue weighted by Crippen LogP contribution is 2.12. The molecule has 0 amide bonds. The topological polar surface area (TPSA) is 67.6 Å². The number of aromatic amines is 1. The molecule has 0 bridgehead atoms. The van der Waals surface area contributed by atoms with Crippen LogP contribution in [-0.2, 0) is 6.42 Å². The predicted molar refractivity (Wildman–Crippen MR) is 53.5 cm³/mol. The summed E-state index contributed by atoms with van der Waals surface area (Å²) >= 11 is 0. The van der Waals surface area contributed by atoms with Crippen LogP contribution in [0.25, 0.3) is 0 Å². The van der Waals surface area contributed by atoms with Crippen molar-refractivity contribution in [1.29, 1.82) is 0 Å². The molecule has 4 nitrogen and oxygen atoms in total. The second-order valence-corrected chi connectivity index (χ2v) is 3.13. The third-order valence-electron chi connectivity index (χ3n) is 2.10. The van der Waals surface area contributed by atoms with Gasteiger partial charge in [-0.2, -0.15) is 0 Å². The van der Waals surface area contributed by atoms with Crippen LogP contribution in [0.5, 0.6) is 0 Å². The van der Waals surface area contributed by atoms with Gasteiger partial charge >= 0.3 is 0 Å². The zero-order valence-electron chi connectivity index (χ0n) is 7.72. The molecule has 3 N–H and O–H groups in total. The Kier molecular flexibility index (Phi) is 2.55. The number of pyridine rings is 1. The summed E-state index contributed by atoms with van der Waals surface area (Å²) in [6.07, 6.45) is 7.74. The number of nitrogens with two attached hydrogens (primary N) is 1. The van der Waals surface area contributed by atoms with Gasteiger partial charge in [0, 0.05) is 37.3 Å². The molecule has 0 saturated carbocycles. The highest BCUT2D eigenvalue weighted by Gasteiger charge is 2.07. The standard InChI is InChI=1S/C10H12N4/c11-9(7-10-13-5-6-14-10)8-1-3-12-4-2-8/h1-6,9H,7,11H2,(H,13,14). The molecule has 0 spiro atoms. The Morgan fingerprint density at radius 1 is 1.29 bits per heavy atom. The smallest absolute Gasteiger partial charge is 0.107 e. The highest BCUT2D eigenvalue weighted by molar-refractivity contribution is 5.15. The second-order valence-electron chi connectivity index (χ2n) is 3.13. The minimum atomic E-state index is -0.0239. The van der Waals surface area contributed by atoms with Gasteiger partial charge in [0.2, 0.25) is 0 Å². The first-order valence-electron chi connectivity index (χ1n) is 4.50. The Bertz CT molecular complexity index is 368. The molecule has 4 heteroatoms. The number of nitrogens with one attached hydrogen (secondary N) is 1. The molecule has 2 aromatic rings. The van der Waals surface area contributed by atoms with E-state index in [2.05, 4.69) is 15.0 Å². The third-order valence-corrected chi connectivity index (χ3v) is 2.10. The normalized spacial score (nSPS) is 12.6. The molecule has 72 valence electrons. The Labute approximate surface area is 82.2 Å². The fourth-order valence-electron chi connectivity index (χ4n) is 1.35. The molecular weight excluding hydrogens is 176 g/mol. The summed E-state index contributed by atoms with van der Waals surface area (Å²) in [5.74, 6) is 0.911. The van der Waals surface area contributed by atoms with E-state index < -0.39 is 0 Å². The fraction of sp³-hybridized carbons (Fsp3) is 0.200. The zero-order valence-corrected chi connectivity index (χ0v) is 7.72. The molecule has 0 fully saturated rings. The van der Waals surface area contributed by atoms with Crippen molar-refractivity contribution in [3.05, 3.63) is 48.3 Å². The minimum Gasteiger partial charge on any atom is -0.349 e. The third kappa shape index (κ3) is 1.97. The van der Waals surface area contributed by atoms with E-state index in [-0.39, 0.29) is 6.04 Å². The van der Waals surface area contributed by atoms with Gasteiger partial charge < -0.3 is 10.7 Å². The zero-order chi connectivity index (χ0) is 9.80. The van der Waals surface area contributed by atoms with E-state index in [1.165, 1.54) is 0 Å². The molecule has 1 unspecified atom stereocenters. The van der Waals surface area contributed by atoms with Crippen LogP contribution in [0, 0.1) is 0 Å². The quantitative estimate of drug-likeness (QED) is 0.756. The van der Waals surface area contributed by atoms with Gasteiger partial charge in [0.25, 0.3) is 0 Å². The van der Waals surface area contributed by atoms with Crippen LogP contribution in [0.4, 0.5) is 0 Å². The molecule has 0 radical (unpaired) electrons. The van der Waals surface area contributed by atoms with Gasteiger partial charge in [-0.1, -0.05) is 0 Å². The number of nitrogens with zero attached hydrogens (tertiary/aromatic N) is 2. The summed E-state index contributed by atoms with van der Waals surface area (Å²) in [6.45, 7) is 0. The van der Waals surface area contributed by atoms with Crippen molar-refractivity contribution >= 4 is 0 Å². The minimum absolute atomic E-state index is 0.0239. The summed E-state index contributed by atoms with van der Waals surface area (Å²) in [6, 6.07) is 3.82. The highest BCUT2D eigenvalue weighted by atomic mass is 14.9. The molecule has 1 atom stereocenters. The molecule has 0 aliphatic carbocycles. The first kappa shape index (κ1) is 8.90. The Balaban J connectivity index is 2.07. The van der Waals surface area contributed by atoms with E-state index in [1.54, 1.807) is 24.8 Å². The van der Waals surface area contributed by atoms with Gasteiger partial charge in [0.05, 0.1) is 0 Å². The van der Waals surface area contributed by atoms with Crippen molar-refractivity contribution in [3.63, 3.8) is 0 Å². The molecule has 2 heterocycles. The number of rotatable bonds is 3. The van der Waals surface area contributed by atoms with Crippen LogP contribution in [0.1, 0.15) is 17.4 Å². The summed E-state index contributed by atoms with van der Waals surface area (Å²) in [5.41, 5.74) is 7.08. The van der Waals surface area contributed by atoms with Gasteiger partial charge in [-0.15, -0.1) is 0 Å². The fourth-order valence-corrected chi connectivity index (χ4v) is 1.35. The van der Waals surface area contributed by atoms with E-state index >= 15 is 0 Å². The van der Waals surface area contributed by atoms with Gasteiger partial charge in [-0.25, -0.2) is 4.98 Å². The van der Waals surface area contributed by atoms with Gasteiger partial charge in [0.15, 0.2) is 0 Å². The lowest BCUT2D eigenvalue weighted by Gasteiger charge is -2.09. The maximum Gasteiger partial charge on any atom is 0.107 e. The number of hydrogen-bond acceptors (Lipinski definition) is 3. The number of aromatic nitrogens is 3. The molecule has 0 aliphatic rings. The first-order chi connectivity index (χ1) is 6.86. The van der Waals surface area contributed by atoms with Gasteiger partial charge in [-0.3, -0.25) is 4.98 Å². The van der Waals surface area contributed by atoms with Crippen molar-refractivity contribution < 1.29 is 0 Å². The number of hydrogen-bond donors (Lipinski definition) is 2. The summed E-state index contributed by atoms with van der Waals surface area (Å²) < 4.78 is 0. The van der Waals surface area contributed by atoms with Crippen LogP contribution in [-0.4, -0.2) is 15.0 Å². The number of imidazole rings is 1. The molecular formula is C10H12N4. The summed E-state index contributed by atoms with van der Waals surface area (Å²) in [7, 11) is 0. The van der Waals surface area contributed by atoms with E-state index in [9.17, 15) is 0 Å². The average molecular weight is 188 g/mol. The summed E-state index contributed by atoms with van der Waals surface area (Å²) in [5, 5.41) is 0. The SMILES string of the molecule is NC(Cc1ncc[nH]1)c1ccncc1. The van der Waals surface area contributed by atoms with Crippen molar-refractivity contribution in [2.45, 2.75) is 12.5 Å². The van der Waals surface area contributed by atoms with Crippen molar-refractivity contribution in [1.82, 2.24) is 15.0 Å². The molecule has 2 aromatic heterocycles. The van der Waals surface area contributed by atoms with Crippen LogP contribution in [0.2, 0.25) is 0 Å². The van der Waals surface area contributed by atoms with Crippen LogP contribution < -0.4 is 5.73 Å². The Morgan fingerprint density at radius 3 is 2.71 bits per heavy atom. The molecule has 0 aromatic carbocycles. The summed E-state index contributed by atoms with van der Waals surface area (Å²) in [4.78, 5) is 11.1. The van der Waals surface area contributed by atoms with Crippen molar-refractivity contribution in [2.24, 2.45) is 5.73 Å². The van der Waals surface area contributed by atoms with Crippen LogP contribution in [0.3, 0.4) is 0 Å². The molecule has 14 heavy (non-hydrogen) atoms. The second kappa shape index (κ2) is 4.02. The Morgan fingerprint density at radius 2 is 2.07 bits per heavy atom. The van der Waals surface area contributed by atoms with Gasteiger partial charge in [-0.05, 0) is 17.7 Å². The van der Waals surface area contributed by atoms with E-state index in [0.29, 0.717) is 0 Å². The first-order valence-corrected chi connectivity index (χ1v) is 4.50. The molecule has 0 saturated heterocycles. The predicted octanol–water partition coefficient (Wildman–Crippen LogP) is 1.05. The van der Waals surface area contributed by atoms with Crippen molar-refractivity contribution in [2.75, 3.05) is 0 Å². The largest absolute Gasteiger partial charge is 0.349 e. The van der Waals surface area contributed by atoms with Gasteiger partial charge in [0.1, 0.15) is 5.82 Å². The maximum absolute atomic E-state index is 6.00. The lowest BCUT2D eigenvalue weighted by atomic mass is 10.1. The average Bonchev–Trinajstić information content (AvgIpc) is 2.72. The lowest BCUT2D eigenvalue weighted by molar-refractivity contribution is 0.693. The monoisotopic (exact) mass is 188 g/mol. The Hall–Kier alpha value is -1.68.